The van der Waals surface area contributed by atoms with Gasteiger partial charge < -0.3 is 15.7 Å². The lowest BCUT2D eigenvalue weighted by Crippen LogP contribution is -2.37. The Balaban J connectivity index is 1.97. The maximum Gasteiger partial charge on any atom is 0.337 e. The van der Waals surface area contributed by atoms with Crippen LogP contribution < -0.4 is 10.6 Å². The zero-order chi connectivity index (χ0) is 23.0. The van der Waals surface area contributed by atoms with Crippen molar-refractivity contribution in [2.24, 2.45) is 0 Å². The number of fused-ring (bicyclic) bond motifs is 1. The summed E-state index contributed by atoms with van der Waals surface area (Å²) in [6, 6.07) is 6.70. The Bertz CT molecular complexity index is 1330. The third kappa shape index (κ3) is 4.38. The van der Waals surface area contributed by atoms with E-state index < -0.39 is 37.5 Å². The predicted octanol–water partition coefficient (Wildman–Crippen LogP) is 4.56. The number of rotatable bonds is 5. The molecule has 1 saturated heterocycles. The summed E-state index contributed by atoms with van der Waals surface area (Å²) in [7, 11) is -3.93. The van der Waals surface area contributed by atoms with Crippen LogP contribution in [-0.4, -0.2) is 47.9 Å². The smallest absolute Gasteiger partial charge is 0.337 e. The van der Waals surface area contributed by atoms with Crippen LogP contribution in [0.15, 0.2) is 41.4 Å². The number of hydrogen-bond acceptors (Lipinski definition) is 7. The van der Waals surface area contributed by atoms with Gasteiger partial charge >= 0.3 is 5.97 Å². The highest BCUT2D eigenvalue weighted by Gasteiger charge is 2.33. The fraction of sp³-hybridized carbons (Fsp3) is 0.200. The van der Waals surface area contributed by atoms with Crippen LogP contribution in [0, 0.1) is 5.82 Å². The van der Waals surface area contributed by atoms with Crippen molar-refractivity contribution in [1.29, 1.82) is 0 Å². The second-order valence-electron chi connectivity index (χ2n) is 6.95. The average Bonchev–Trinajstić information content (AvgIpc) is 2.75. The molecule has 168 valence electrons. The third-order valence-corrected chi connectivity index (χ3v) is 9.26. The predicted molar refractivity (Wildman–Crippen MR) is 125 cm³/mol. The molecule has 2 aromatic carbocycles. The normalized spacial score (nSPS) is 16.8. The SMILES string of the molecule is O=C(O)c1cc(Cl)cc(F)c1Nc1c(S(=O)(=O)C2CNCCS2)cnc2ccc(Cl)cc12. The lowest BCUT2D eigenvalue weighted by molar-refractivity contribution is 0.0697. The number of nitrogens with zero attached hydrogens (tertiary/aromatic N) is 1. The van der Waals surface area contributed by atoms with E-state index in [0.29, 0.717) is 28.2 Å². The van der Waals surface area contributed by atoms with Gasteiger partial charge in [-0.1, -0.05) is 23.2 Å². The molecule has 0 radical (unpaired) electrons. The van der Waals surface area contributed by atoms with E-state index >= 15 is 0 Å². The molecule has 1 aliphatic heterocycles. The summed E-state index contributed by atoms with van der Waals surface area (Å²) < 4.78 is 41.0. The molecule has 32 heavy (non-hydrogen) atoms. The maximum absolute atomic E-state index is 14.8. The van der Waals surface area contributed by atoms with E-state index in [1.54, 1.807) is 12.1 Å². The molecule has 0 aliphatic carbocycles. The molecular formula is C20H16Cl2FN3O4S2. The van der Waals surface area contributed by atoms with Crippen molar-refractivity contribution in [3.8, 4) is 0 Å². The molecular weight excluding hydrogens is 500 g/mol. The Morgan fingerprint density at radius 3 is 2.69 bits per heavy atom. The van der Waals surface area contributed by atoms with Crippen molar-refractivity contribution in [3.63, 3.8) is 0 Å². The topological polar surface area (TPSA) is 108 Å². The largest absolute Gasteiger partial charge is 0.478 e. The van der Waals surface area contributed by atoms with Gasteiger partial charge in [-0.3, -0.25) is 4.98 Å². The van der Waals surface area contributed by atoms with Gasteiger partial charge in [0.15, 0.2) is 9.84 Å². The van der Waals surface area contributed by atoms with Crippen molar-refractivity contribution in [2.75, 3.05) is 24.2 Å². The van der Waals surface area contributed by atoms with Gasteiger partial charge in [-0.2, -0.15) is 0 Å². The number of pyridine rings is 1. The Kier molecular flexibility index (Phi) is 6.51. The van der Waals surface area contributed by atoms with Gasteiger partial charge in [0.2, 0.25) is 0 Å². The quantitative estimate of drug-likeness (QED) is 0.453. The van der Waals surface area contributed by atoms with Gasteiger partial charge in [-0.05, 0) is 30.3 Å². The Morgan fingerprint density at radius 2 is 2.00 bits per heavy atom. The first-order valence-electron chi connectivity index (χ1n) is 9.32. The number of anilines is 2. The minimum Gasteiger partial charge on any atom is -0.478 e. The number of thioether (sulfide) groups is 1. The summed E-state index contributed by atoms with van der Waals surface area (Å²) in [4.78, 5) is 15.8. The molecule has 12 heteroatoms. The molecule has 4 rings (SSSR count). The first kappa shape index (κ1) is 23.1. The molecule has 3 aromatic rings. The van der Waals surface area contributed by atoms with Crippen LogP contribution >= 0.6 is 35.0 Å². The number of aromatic nitrogens is 1. The van der Waals surface area contributed by atoms with E-state index in [4.69, 9.17) is 23.2 Å². The highest BCUT2D eigenvalue weighted by atomic mass is 35.5. The van der Waals surface area contributed by atoms with Crippen LogP contribution in [0.1, 0.15) is 10.4 Å². The van der Waals surface area contributed by atoms with E-state index in [-0.39, 0.29) is 22.2 Å². The maximum atomic E-state index is 14.8. The van der Waals surface area contributed by atoms with Crippen LogP contribution in [0.4, 0.5) is 15.8 Å². The second-order valence-corrected chi connectivity index (χ2v) is 11.5. The molecule has 7 nitrogen and oxygen atoms in total. The monoisotopic (exact) mass is 515 g/mol. The number of carbonyl (C=O) groups is 1. The van der Waals surface area contributed by atoms with E-state index in [1.807, 2.05) is 0 Å². The lowest BCUT2D eigenvalue weighted by Gasteiger charge is -2.24. The number of aromatic carboxylic acids is 1. The van der Waals surface area contributed by atoms with Crippen LogP contribution in [0.25, 0.3) is 10.9 Å². The highest BCUT2D eigenvalue weighted by molar-refractivity contribution is 8.13. The van der Waals surface area contributed by atoms with Crippen molar-refractivity contribution < 1.29 is 22.7 Å². The Labute approximate surface area is 197 Å². The number of halogens is 3. The van der Waals surface area contributed by atoms with Gasteiger partial charge in [0.25, 0.3) is 0 Å². The zero-order valence-corrected chi connectivity index (χ0v) is 19.4. The summed E-state index contributed by atoms with van der Waals surface area (Å²) >= 11 is 13.2. The van der Waals surface area contributed by atoms with E-state index in [2.05, 4.69) is 15.6 Å². The molecule has 2 heterocycles. The zero-order valence-electron chi connectivity index (χ0n) is 16.2. The molecule has 1 unspecified atom stereocenters. The lowest BCUT2D eigenvalue weighted by atomic mass is 10.1. The Morgan fingerprint density at radius 1 is 1.22 bits per heavy atom. The number of carboxylic acids is 1. The van der Waals surface area contributed by atoms with Gasteiger partial charge in [-0.15, -0.1) is 11.8 Å². The molecule has 1 fully saturated rings. The van der Waals surface area contributed by atoms with Gasteiger partial charge in [-0.25, -0.2) is 17.6 Å². The van der Waals surface area contributed by atoms with E-state index in [1.165, 1.54) is 24.0 Å². The molecule has 1 atom stereocenters. The molecule has 0 spiro atoms. The third-order valence-electron chi connectivity index (χ3n) is 4.88. The minimum atomic E-state index is -3.93. The van der Waals surface area contributed by atoms with Gasteiger partial charge in [0, 0.05) is 40.5 Å². The number of hydrogen-bond donors (Lipinski definition) is 3. The fourth-order valence-electron chi connectivity index (χ4n) is 3.37. The average molecular weight is 516 g/mol. The van der Waals surface area contributed by atoms with Crippen molar-refractivity contribution in [1.82, 2.24) is 10.3 Å². The number of nitrogens with one attached hydrogen (secondary N) is 2. The van der Waals surface area contributed by atoms with Gasteiger partial charge in [0.1, 0.15) is 15.3 Å². The van der Waals surface area contributed by atoms with Gasteiger partial charge in [0.05, 0.1) is 22.5 Å². The first-order chi connectivity index (χ1) is 15.2. The standard InChI is InChI=1S/C20H16Cl2FN3O4S2/c21-10-1-2-15-12(5-10)19(26-18-13(20(27)28)6-11(22)7-14(18)23)16(8-25-15)32(29,30)17-9-24-3-4-31-17/h1-2,5-8,17,24H,3-4,9H2,(H,25,26)(H,27,28). The second kappa shape index (κ2) is 9.03. The number of sulfone groups is 1. The van der Waals surface area contributed by atoms with Crippen molar-refractivity contribution in [2.45, 2.75) is 9.48 Å². The summed E-state index contributed by atoms with van der Waals surface area (Å²) in [5.41, 5.74) is -0.469. The number of benzene rings is 2. The highest BCUT2D eigenvalue weighted by Crippen LogP contribution is 2.39. The molecule has 3 N–H and O–H groups in total. The van der Waals surface area contributed by atoms with Crippen LogP contribution in [0.2, 0.25) is 10.0 Å². The molecule has 1 aliphatic rings. The Hall–Kier alpha value is -2.11. The van der Waals surface area contributed by atoms with Crippen LogP contribution in [0.3, 0.4) is 0 Å². The van der Waals surface area contributed by atoms with Crippen molar-refractivity contribution >= 4 is 73.0 Å². The first-order valence-corrected chi connectivity index (χ1v) is 12.7. The molecule has 1 aromatic heterocycles. The van der Waals surface area contributed by atoms with E-state index in [9.17, 15) is 22.7 Å². The summed E-state index contributed by atoms with van der Waals surface area (Å²) in [5.74, 6) is -1.77. The molecule has 0 amide bonds. The molecule has 0 bridgehead atoms. The van der Waals surface area contributed by atoms with E-state index in [0.717, 1.165) is 12.1 Å². The number of carboxylic acid groups (broad SMARTS) is 1. The summed E-state index contributed by atoms with van der Waals surface area (Å²) in [6.07, 6.45) is 1.19. The molecule has 0 saturated carbocycles. The fourth-order valence-corrected chi connectivity index (χ4v) is 7.09. The van der Waals surface area contributed by atoms with Crippen LogP contribution in [-0.2, 0) is 9.84 Å². The summed E-state index contributed by atoms with van der Waals surface area (Å²) in [6.45, 7) is 0.918. The van der Waals surface area contributed by atoms with Crippen molar-refractivity contribution in [3.05, 3.63) is 58.0 Å². The van der Waals surface area contributed by atoms with Crippen LogP contribution in [0.5, 0.6) is 0 Å². The summed E-state index contributed by atoms with van der Waals surface area (Å²) in [5, 5.41) is 15.8. The minimum absolute atomic E-state index is 0.00704.